The zero-order valence-electron chi connectivity index (χ0n) is 39.7. The number of aliphatic hydroxyl groups is 3. The van der Waals surface area contributed by atoms with E-state index in [1.807, 2.05) is 30.3 Å². The Labute approximate surface area is 420 Å². The van der Waals surface area contributed by atoms with Crippen LogP contribution in [-0.4, -0.2) is 147 Å². The van der Waals surface area contributed by atoms with Gasteiger partial charge in [0.15, 0.2) is 0 Å². The molecule has 1 saturated heterocycles. The summed E-state index contributed by atoms with van der Waals surface area (Å²) in [4.78, 5) is 103. The molecule has 1 fully saturated rings. The van der Waals surface area contributed by atoms with E-state index in [2.05, 4.69) is 42.2 Å². The second kappa shape index (κ2) is 28.1. The van der Waals surface area contributed by atoms with E-state index >= 15 is 0 Å². The van der Waals surface area contributed by atoms with Gasteiger partial charge in [-0.15, -0.1) is 0 Å². The van der Waals surface area contributed by atoms with Crippen LogP contribution in [0.4, 0.5) is 0 Å². The summed E-state index contributed by atoms with van der Waals surface area (Å²) in [6, 6.07) is 14.6. The molecule has 1 aliphatic heterocycles. The molecule has 0 saturated carbocycles. The summed E-state index contributed by atoms with van der Waals surface area (Å²) in [5.74, 6) is -6.01. The molecule has 71 heavy (non-hydrogen) atoms. The lowest BCUT2D eigenvalue weighted by Crippen LogP contribution is -2.62. The summed E-state index contributed by atoms with van der Waals surface area (Å²) in [7, 11) is 2.06. The van der Waals surface area contributed by atoms with Gasteiger partial charge in [0.05, 0.1) is 30.9 Å². The number of carbonyl (C=O) groups is 7. The number of para-hydroxylation sites is 1. The van der Waals surface area contributed by atoms with Crippen LogP contribution in [0.5, 0.6) is 0 Å². The largest absolute Gasteiger partial charge is 0.394 e. The molecule has 15 N–H and O–H groups in total. The van der Waals surface area contributed by atoms with Crippen LogP contribution in [0.2, 0.25) is 0 Å². The van der Waals surface area contributed by atoms with E-state index in [9.17, 15) is 48.9 Å². The van der Waals surface area contributed by atoms with Crippen molar-refractivity contribution in [3.63, 3.8) is 0 Å². The maximum atomic E-state index is 14.7. The van der Waals surface area contributed by atoms with Crippen molar-refractivity contribution in [2.75, 3.05) is 24.7 Å². The maximum absolute atomic E-state index is 14.7. The number of H-pyrrole nitrogens is 1. The van der Waals surface area contributed by atoms with E-state index in [1.165, 1.54) is 13.8 Å². The lowest BCUT2D eigenvalue weighted by atomic mass is 10.0. The topological polar surface area (TPSA) is 332 Å². The molecule has 5 rings (SSSR count). The van der Waals surface area contributed by atoms with Crippen LogP contribution < -0.4 is 48.7 Å². The number of nitrogens with two attached hydrogens (primary N) is 2. The molecule has 1 aliphatic rings. The zero-order chi connectivity index (χ0) is 51.5. The number of unbranched alkanes of at least 4 members (excludes halogenated alkanes) is 1. The number of hydrogen-bond acceptors (Lipinski definition) is 14. The van der Waals surface area contributed by atoms with E-state index in [-0.39, 0.29) is 43.7 Å². The molecule has 5 unspecified atom stereocenters. The lowest BCUT2D eigenvalue weighted by molar-refractivity contribution is -0.136. The number of rotatable bonds is 17. The molecule has 0 radical (unpaired) electrons. The Bertz CT molecular complexity index is 2400. The van der Waals surface area contributed by atoms with Gasteiger partial charge < -0.3 is 69.0 Å². The fraction of sp³-hybridized carbons (Fsp3) is 0.449. The van der Waals surface area contributed by atoms with Crippen LogP contribution in [0.25, 0.3) is 10.9 Å². The number of aromatic amines is 1. The van der Waals surface area contributed by atoms with Gasteiger partial charge in [0.25, 0.3) is 0 Å². The third-order valence-corrected chi connectivity index (χ3v) is 14.3. The van der Waals surface area contributed by atoms with Crippen LogP contribution in [0.3, 0.4) is 0 Å². The zero-order valence-corrected chi connectivity index (χ0v) is 41.3. The fourth-order valence-electron chi connectivity index (χ4n) is 7.73. The summed E-state index contributed by atoms with van der Waals surface area (Å²) in [5.41, 5.74) is 15.0. The van der Waals surface area contributed by atoms with Crippen LogP contribution in [0.15, 0.2) is 91.1 Å². The molecule has 20 nitrogen and oxygen atoms in total. The second-order valence-electron chi connectivity index (χ2n) is 17.5. The molecule has 2 heterocycles. The van der Waals surface area contributed by atoms with Gasteiger partial charge in [0.1, 0.15) is 36.3 Å². The highest BCUT2D eigenvalue weighted by Gasteiger charge is 2.36. The number of aliphatic hydroxyl groups excluding tert-OH is 3. The Morgan fingerprint density at radius 1 is 0.718 bits per heavy atom. The Morgan fingerprint density at radius 2 is 1.31 bits per heavy atom. The monoisotopic (exact) mass is 1020 g/mol. The number of aromatic nitrogens is 1. The van der Waals surface area contributed by atoms with Crippen molar-refractivity contribution in [1.82, 2.24) is 42.2 Å². The molecule has 10 atom stereocenters. The molecule has 0 spiro atoms. The SMILES string of the molecule is C[C@@H](O)C(CO)NC(=O)C1CSSC[C@H](NC(=O)C(N)Cc2ccccc2)C(=O)NC(Cc2ccccc2)C(=O)N[C@H](Cc2c[nH]c3ccccc23)C(=O)N[C@@H](CCCCN)C(=O)NC([C@@H](C)O)C(=O)N1. The summed E-state index contributed by atoms with van der Waals surface area (Å²) in [5, 5.41) is 50.5. The average molecular weight is 1020 g/mol. The lowest BCUT2D eigenvalue weighted by Gasteiger charge is -2.29. The van der Waals surface area contributed by atoms with Crippen molar-refractivity contribution in [2.45, 2.75) is 113 Å². The van der Waals surface area contributed by atoms with Gasteiger partial charge in [0, 0.05) is 41.4 Å². The standard InChI is InChI=1S/C49H66N10O10S2/c1-28(61)39(25-60)56-48(68)41-27-71-70-26-40(57-43(63)34(51)21-30-13-5-3-6-14-30)47(67)54-37(22-31-15-7-4-8-16-31)45(65)55-38(23-32-24-52-35-18-10-9-17-33(32)35)46(66)53-36(19-11-12-20-50)44(64)59-42(29(2)62)49(69)58-41/h3-10,13-18,24,28-29,34,36-42,52,60-62H,11-12,19-23,25-27,50-51H2,1-2H3,(H,53,66)(H,54,67)(H,55,65)(H,56,68)(H,57,63)(H,58,69)(H,59,64)/t28-,29-,34?,36+,37?,38-,39?,40+,41?,42?/m1/s1. The quantitative estimate of drug-likeness (QED) is 0.0455. The molecular formula is C49H66N10O10S2. The van der Waals surface area contributed by atoms with E-state index in [0.717, 1.165) is 38.1 Å². The molecule has 22 heteroatoms. The predicted molar refractivity (Wildman–Crippen MR) is 272 cm³/mol. The minimum absolute atomic E-state index is 0.0340. The van der Waals surface area contributed by atoms with Crippen molar-refractivity contribution < 1.29 is 48.9 Å². The smallest absolute Gasteiger partial charge is 0.245 e. The molecular weight excluding hydrogens is 953 g/mol. The molecule has 1 aromatic heterocycles. The highest BCUT2D eigenvalue weighted by molar-refractivity contribution is 8.76. The first-order valence-electron chi connectivity index (χ1n) is 23.5. The van der Waals surface area contributed by atoms with Gasteiger partial charge in [-0.2, -0.15) is 0 Å². The number of amides is 7. The minimum Gasteiger partial charge on any atom is -0.394 e. The van der Waals surface area contributed by atoms with E-state index < -0.39 is 108 Å². The van der Waals surface area contributed by atoms with Crippen molar-refractivity contribution in [1.29, 1.82) is 0 Å². The minimum atomic E-state index is -1.66. The number of hydrogen-bond donors (Lipinski definition) is 13. The molecule has 3 aromatic carbocycles. The predicted octanol–water partition coefficient (Wildman–Crippen LogP) is -0.805. The third kappa shape index (κ3) is 17.1. The van der Waals surface area contributed by atoms with Crippen molar-refractivity contribution in [2.24, 2.45) is 11.5 Å². The third-order valence-electron chi connectivity index (χ3n) is 11.9. The van der Waals surface area contributed by atoms with Crippen LogP contribution in [0.1, 0.15) is 49.8 Å². The van der Waals surface area contributed by atoms with Crippen LogP contribution >= 0.6 is 21.6 Å². The van der Waals surface area contributed by atoms with Gasteiger partial charge in [-0.05, 0) is 68.8 Å². The Morgan fingerprint density at radius 3 is 1.96 bits per heavy atom. The van der Waals surface area contributed by atoms with E-state index in [4.69, 9.17) is 11.5 Å². The molecule has 7 amide bonds. The van der Waals surface area contributed by atoms with Gasteiger partial charge in [-0.3, -0.25) is 33.6 Å². The van der Waals surface area contributed by atoms with Crippen molar-refractivity contribution in [3.8, 4) is 0 Å². The van der Waals surface area contributed by atoms with Crippen molar-refractivity contribution in [3.05, 3.63) is 108 Å². The Balaban J connectivity index is 1.56. The highest BCUT2D eigenvalue weighted by atomic mass is 33.1. The summed E-state index contributed by atoms with van der Waals surface area (Å²) in [6.45, 7) is 2.23. The Hall–Kier alpha value is -6.01. The summed E-state index contributed by atoms with van der Waals surface area (Å²) >= 11 is 0. The first-order chi connectivity index (χ1) is 34.1. The number of carbonyl (C=O) groups excluding carboxylic acids is 7. The number of nitrogens with one attached hydrogen (secondary N) is 8. The molecule has 4 aromatic rings. The average Bonchev–Trinajstić information content (AvgIpc) is 3.76. The van der Waals surface area contributed by atoms with Crippen molar-refractivity contribution >= 4 is 73.8 Å². The van der Waals surface area contributed by atoms with Crippen LogP contribution in [-0.2, 0) is 52.8 Å². The van der Waals surface area contributed by atoms with E-state index in [0.29, 0.717) is 24.0 Å². The first kappa shape index (κ1) is 55.9. The molecule has 0 bridgehead atoms. The van der Waals surface area contributed by atoms with Gasteiger partial charge in [-0.1, -0.05) is 100 Å². The second-order valence-corrected chi connectivity index (χ2v) is 20.0. The number of fused-ring (bicyclic) bond motifs is 1. The highest BCUT2D eigenvalue weighted by Crippen LogP contribution is 2.24. The van der Waals surface area contributed by atoms with Gasteiger partial charge >= 0.3 is 0 Å². The summed E-state index contributed by atoms with van der Waals surface area (Å²) in [6.07, 6.45) is -0.156. The normalized spacial score (nSPS) is 22.8. The molecule has 0 aliphatic carbocycles. The number of benzene rings is 3. The molecule has 384 valence electrons. The fourth-order valence-corrected chi connectivity index (χ4v) is 10.1. The Kier molecular flexibility index (Phi) is 22.2. The van der Waals surface area contributed by atoms with E-state index in [1.54, 1.807) is 60.8 Å². The van der Waals surface area contributed by atoms with Gasteiger partial charge in [-0.25, -0.2) is 0 Å². The first-order valence-corrected chi connectivity index (χ1v) is 26.0. The van der Waals surface area contributed by atoms with Crippen LogP contribution in [0, 0.1) is 0 Å². The van der Waals surface area contributed by atoms with Gasteiger partial charge in [0.2, 0.25) is 41.4 Å². The maximum Gasteiger partial charge on any atom is 0.245 e. The summed E-state index contributed by atoms with van der Waals surface area (Å²) < 4.78 is 0.